The van der Waals surface area contributed by atoms with E-state index >= 15 is 0 Å². The molecule has 1 aliphatic heterocycles. The molecule has 1 aliphatic rings. The first-order valence-corrected chi connectivity index (χ1v) is 6.14. The highest BCUT2D eigenvalue weighted by Gasteiger charge is 2.25. The van der Waals surface area contributed by atoms with Crippen LogP contribution < -0.4 is 10.6 Å². The minimum atomic E-state index is -0.195. The molecule has 0 spiro atoms. The quantitative estimate of drug-likeness (QED) is 0.728. The van der Waals surface area contributed by atoms with E-state index in [1.807, 2.05) is 25.7 Å². The minimum Gasteiger partial charge on any atom is -0.350 e. The molecule has 0 saturated carbocycles. The van der Waals surface area contributed by atoms with E-state index in [-0.39, 0.29) is 17.5 Å². The molecule has 1 rings (SSSR count). The van der Waals surface area contributed by atoms with Crippen molar-refractivity contribution in [2.24, 2.45) is 0 Å². The zero-order valence-corrected chi connectivity index (χ0v) is 10.9. The second-order valence-electron chi connectivity index (χ2n) is 5.11. The van der Waals surface area contributed by atoms with E-state index in [0.717, 1.165) is 19.5 Å². The smallest absolute Gasteiger partial charge is 0.234 e. The van der Waals surface area contributed by atoms with Crippen LogP contribution in [0.1, 0.15) is 27.2 Å². The Kier molecular flexibility index (Phi) is 4.91. The Bertz CT molecular complexity index is 308. The summed E-state index contributed by atoms with van der Waals surface area (Å²) in [5.74, 6) is -0.000926. The molecular weight excluding hydrogens is 216 g/mol. The zero-order chi connectivity index (χ0) is 12.9. The van der Waals surface area contributed by atoms with E-state index in [1.54, 1.807) is 0 Å². The first-order chi connectivity index (χ1) is 7.98. The van der Waals surface area contributed by atoms with Crippen molar-refractivity contribution in [1.29, 1.82) is 5.26 Å². The van der Waals surface area contributed by atoms with Gasteiger partial charge >= 0.3 is 0 Å². The summed E-state index contributed by atoms with van der Waals surface area (Å²) >= 11 is 0. The van der Waals surface area contributed by atoms with Crippen LogP contribution in [0.15, 0.2) is 0 Å². The summed E-state index contributed by atoms with van der Waals surface area (Å²) in [6.07, 6.45) is 0.891. The van der Waals surface area contributed by atoms with Crippen LogP contribution in [-0.4, -0.2) is 48.6 Å². The SMILES string of the molecule is CCC(C)(C)NC(=O)CN1CCNCC1C#N. The fraction of sp³-hybridized carbons (Fsp3) is 0.833. The van der Waals surface area contributed by atoms with Gasteiger partial charge in [0.25, 0.3) is 0 Å². The van der Waals surface area contributed by atoms with Crippen LogP contribution in [0.25, 0.3) is 0 Å². The number of nitriles is 1. The summed E-state index contributed by atoms with van der Waals surface area (Å²) in [6.45, 7) is 8.59. The molecule has 1 fully saturated rings. The molecule has 1 saturated heterocycles. The third kappa shape index (κ3) is 4.33. The summed E-state index contributed by atoms with van der Waals surface area (Å²) in [6, 6.07) is 2.02. The van der Waals surface area contributed by atoms with E-state index in [2.05, 4.69) is 16.7 Å². The zero-order valence-electron chi connectivity index (χ0n) is 10.9. The number of amides is 1. The minimum absolute atomic E-state index is 0.000926. The topological polar surface area (TPSA) is 68.2 Å². The van der Waals surface area contributed by atoms with Crippen molar-refractivity contribution in [1.82, 2.24) is 15.5 Å². The largest absolute Gasteiger partial charge is 0.350 e. The van der Waals surface area contributed by atoms with Crippen molar-refractivity contribution in [2.45, 2.75) is 38.8 Å². The van der Waals surface area contributed by atoms with Crippen LogP contribution >= 0.6 is 0 Å². The third-order valence-electron chi connectivity index (χ3n) is 3.21. The van der Waals surface area contributed by atoms with Gasteiger partial charge < -0.3 is 10.6 Å². The van der Waals surface area contributed by atoms with Gasteiger partial charge in [0.05, 0.1) is 12.6 Å². The molecule has 0 aromatic carbocycles. The molecular formula is C12H22N4O. The van der Waals surface area contributed by atoms with Crippen LogP contribution in [0.4, 0.5) is 0 Å². The maximum absolute atomic E-state index is 11.9. The molecule has 1 heterocycles. The highest BCUT2D eigenvalue weighted by atomic mass is 16.2. The third-order valence-corrected chi connectivity index (χ3v) is 3.21. The van der Waals surface area contributed by atoms with Crippen molar-refractivity contribution < 1.29 is 4.79 Å². The van der Waals surface area contributed by atoms with E-state index in [1.165, 1.54) is 0 Å². The standard InChI is InChI=1S/C12H22N4O/c1-4-12(2,3)15-11(17)9-16-6-5-14-8-10(16)7-13/h10,14H,4-6,8-9H2,1-3H3,(H,15,17). The van der Waals surface area contributed by atoms with E-state index in [0.29, 0.717) is 13.1 Å². The van der Waals surface area contributed by atoms with Crippen LogP contribution in [0.2, 0.25) is 0 Å². The Labute approximate surface area is 103 Å². The molecule has 5 nitrogen and oxygen atoms in total. The van der Waals surface area contributed by atoms with Gasteiger partial charge in [-0.05, 0) is 20.3 Å². The summed E-state index contributed by atoms with van der Waals surface area (Å²) in [5.41, 5.74) is -0.173. The number of carbonyl (C=O) groups excluding carboxylic acids is 1. The number of hydrogen-bond donors (Lipinski definition) is 2. The Hall–Kier alpha value is -1.12. The maximum atomic E-state index is 11.9. The van der Waals surface area contributed by atoms with Gasteiger partial charge in [0.2, 0.25) is 5.91 Å². The molecule has 0 aliphatic carbocycles. The van der Waals surface area contributed by atoms with Gasteiger partial charge in [-0.25, -0.2) is 0 Å². The molecule has 1 unspecified atom stereocenters. The Morgan fingerprint density at radius 3 is 2.94 bits per heavy atom. The van der Waals surface area contributed by atoms with E-state index in [9.17, 15) is 4.79 Å². The van der Waals surface area contributed by atoms with Crippen LogP contribution in [-0.2, 0) is 4.79 Å². The number of hydrogen-bond acceptors (Lipinski definition) is 4. The van der Waals surface area contributed by atoms with Gasteiger partial charge in [-0.1, -0.05) is 6.92 Å². The normalized spacial score (nSPS) is 21.9. The summed E-state index contributed by atoms with van der Waals surface area (Å²) in [5, 5.41) is 15.1. The maximum Gasteiger partial charge on any atom is 0.234 e. The van der Waals surface area contributed by atoms with E-state index in [4.69, 9.17) is 5.26 Å². The summed E-state index contributed by atoms with van der Waals surface area (Å²) in [7, 11) is 0. The number of carbonyl (C=O) groups is 1. The second kappa shape index (κ2) is 5.99. The Morgan fingerprint density at radius 2 is 2.35 bits per heavy atom. The van der Waals surface area contributed by atoms with Gasteiger partial charge in [0.15, 0.2) is 0 Å². The van der Waals surface area contributed by atoms with Crippen molar-refractivity contribution in [3.05, 3.63) is 0 Å². The lowest BCUT2D eigenvalue weighted by Crippen LogP contribution is -2.55. The summed E-state index contributed by atoms with van der Waals surface area (Å²) in [4.78, 5) is 13.8. The molecule has 2 N–H and O–H groups in total. The number of piperazine rings is 1. The number of nitrogens with zero attached hydrogens (tertiary/aromatic N) is 2. The van der Waals surface area contributed by atoms with Crippen LogP contribution in [0.5, 0.6) is 0 Å². The fourth-order valence-electron chi connectivity index (χ4n) is 1.75. The van der Waals surface area contributed by atoms with Gasteiger partial charge in [-0.2, -0.15) is 5.26 Å². The number of nitrogens with one attached hydrogen (secondary N) is 2. The monoisotopic (exact) mass is 238 g/mol. The molecule has 1 amide bonds. The van der Waals surface area contributed by atoms with Crippen LogP contribution in [0, 0.1) is 11.3 Å². The molecule has 0 aromatic rings. The Morgan fingerprint density at radius 1 is 1.65 bits per heavy atom. The highest BCUT2D eigenvalue weighted by molar-refractivity contribution is 5.78. The van der Waals surface area contributed by atoms with Gasteiger partial charge in [-0.15, -0.1) is 0 Å². The lowest BCUT2D eigenvalue weighted by atomic mass is 10.0. The van der Waals surface area contributed by atoms with Crippen molar-refractivity contribution in [3.8, 4) is 6.07 Å². The molecule has 96 valence electrons. The molecule has 17 heavy (non-hydrogen) atoms. The average molecular weight is 238 g/mol. The van der Waals surface area contributed by atoms with Crippen LogP contribution in [0.3, 0.4) is 0 Å². The van der Waals surface area contributed by atoms with Gasteiger partial charge in [0, 0.05) is 25.2 Å². The van der Waals surface area contributed by atoms with Gasteiger partial charge in [0.1, 0.15) is 6.04 Å². The Balaban J connectivity index is 2.47. The predicted octanol–water partition coefficient (Wildman–Crippen LogP) is 0.0886. The fourth-order valence-corrected chi connectivity index (χ4v) is 1.75. The van der Waals surface area contributed by atoms with Crippen molar-refractivity contribution in [3.63, 3.8) is 0 Å². The number of rotatable bonds is 4. The second-order valence-corrected chi connectivity index (χ2v) is 5.11. The molecule has 0 bridgehead atoms. The molecule has 0 radical (unpaired) electrons. The lowest BCUT2D eigenvalue weighted by Gasteiger charge is -2.32. The predicted molar refractivity (Wildman–Crippen MR) is 66.4 cm³/mol. The average Bonchev–Trinajstić information content (AvgIpc) is 2.29. The first-order valence-electron chi connectivity index (χ1n) is 6.14. The van der Waals surface area contributed by atoms with E-state index < -0.39 is 0 Å². The lowest BCUT2D eigenvalue weighted by molar-refractivity contribution is -0.124. The molecule has 5 heteroatoms. The van der Waals surface area contributed by atoms with Crippen molar-refractivity contribution >= 4 is 5.91 Å². The van der Waals surface area contributed by atoms with Crippen molar-refractivity contribution in [2.75, 3.05) is 26.2 Å². The summed E-state index contributed by atoms with van der Waals surface area (Å²) < 4.78 is 0. The molecule has 0 aromatic heterocycles. The van der Waals surface area contributed by atoms with Gasteiger partial charge in [-0.3, -0.25) is 9.69 Å². The first kappa shape index (κ1) is 13.9. The highest BCUT2D eigenvalue weighted by Crippen LogP contribution is 2.07. The molecule has 1 atom stereocenters.